The second-order valence-electron chi connectivity index (χ2n) is 5.99. The maximum atomic E-state index is 11.8. The van der Waals surface area contributed by atoms with Gasteiger partial charge in [0.05, 0.1) is 14.2 Å². The van der Waals surface area contributed by atoms with Gasteiger partial charge in [0.25, 0.3) is 0 Å². The molecular weight excluding hydrogens is 292 g/mol. The first-order valence-corrected chi connectivity index (χ1v) is 8.44. The Bertz CT molecular complexity index is 499. The third-order valence-electron chi connectivity index (χ3n) is 4.29. The first kappa shape index (κ1) is 17.6. The van der Waals surface area contributed by atoms with Crippen LogP contribution >= 0.6 is 0 Å². The topological polar surface area (TPSA) is 59.6 Å². The Kier molecular flexibility index (Phi) is 7.20. The molecule has 5 nitrogen and oxygen atoms in total. The van der Waals surface area contributed by atoms with Crippen LogP contribution in [0.5, 0.6) is 11.5 Å². The third kappa shape index (κ3) is 5.75. The molecule has 1 amide bonds. The Morgan fingerprint density at radius 2 is 1.87 bits per heavy atom. The van der Waals surface area contributed by atoms with Crippen LogP contribution in [0.15, 0.2) is 18.2 Å². The van der Waals surface area contributed by atoms with Gasteiger partial charge in [0.2, 0.25) is 5.91 Å². The molecule has 0 saturated heterocycles. The SMILES string of the molecule is COc1ccc(CCNCCC(=O)NC2CCCC2)cc1OC. The van der Waals surface area contributed by atoms with E-state index in [1.54, 1.807) is 14.2 Å². The molecule has 0 radical (unpaired) electrons. The maximum Gasteiger partial charge on any atom is 0.221 e. The summed E-state index contributed by atoms with van der Waals surface area (Å²) in [6.45, 7) is 1.55. The maximum absolute atomic E-state index is 11.8. The number of hydrogen-bond donors (Lipinski definition) is 2. The Morgan fingerprint density at radius 1 is 1.13 bits per heavy atom. The lowest BCUT2D eigenvalue weighted by atomic mass is 10.1. The van der Waals surface area contributed by atoms with E-state index in [1.165, 1.54) is 18.4 Å². The van der Waals surface area contributed by atoms with Gasteiger partial charge >= 0.3 is 0 Å². The normalized spacial score (nSPS) is 14.7. The molecule has 0 aliphatic heterocycles. The fraction of sp³-hybridized carbons (Fsp3) is 0.611. The number of hydrogen-bond acceptors (Lipinski definition) is 4. The van der Waals surface area contributed by atoms with E-state index in [4.69, 9.17) is 9.47 Å². The molecule has 0 bridgehead atoms. The van der Waals surface area contributed by atoms with Gasteiger partial charge in [0, 0.05) is 19.0 Å². The molecule has 1 aromatic rings. The predicted molar refractivity (Wildman–Crippen MR) is 91.1 cm³/mol. The highest BCUT2D eigenvalue weighted by Gasteiger charge is 2.16. The van der Waals surface area contributed by atoms with Crippen molar-refractivity contribution in [2.75, 3.05) is 27.3 Å². The largest absolute Gasteiger partial charge is 0.493 e. The van der Waals surface area contributed by atoms with Gasteiger partial charge in [-0.05, 0) is 43.5 Å². The van der Waals surface area contributed by atoms with E-state index >= 15 is 0 Å². The fourth-order valence-electron chi connectivity index (χ4n) is 2.97. The molecule has 0 atom stereocenters. The predicted octanol–water partition coefficient (Wildman–Crippen LogP) is 2.28. The van der Waals surface area contributed by atoms with Gasteiger partial charge < -0.3 is 20.1 Å². The summed E-state index contributed by atoms with van der Waals surface area (Å²) in [5.74, 6) is 1.66. The highest BCUT2D eigenvalue weighted by molar-refractivity contribution is 5.76. The van der Waals surface area contributed by atoms with E-state index in [9.17, 15) is 4.79 Å². The van der Waals surface area contributed by atoms with E-state index in [2.05, 4.69) is 10.6 Å². The zero-order valence-electron chi connectivity index (χ0n) is 14.2. The fourth-order valence-corrected chi connectivity index (χ4v) is 2.97. The van der Waals surface area contributed by atoms with Gasteiger partial charge in [0.1, 0.15) is 0 Å². The Labute approximate surface area is 138 Å². The molecule has 5 heteroatoms. The number of carbonyl (C=O) groups is 1. The summed E-state index contributed by atoms with van der Waals surface area (Å²) in [6, 6.07) is 6.36. The zero-order valence-corrected chi connectivity index (χ0v) is 14.2. The van der Waals surface area contributed by atoms with Crippen molar-refractivity contribution in [1.29, 1.82) is 0 Å². The van der Waals surface area contributed by atoms with Crippen molar-refractivity contribution in [2.24, 2.45) is 0 Å². The first-order valence-electron chi connectivity index (χ1n) is 8.44. The molecule has 2 rings (SSSR count). The van der Waals surface area contributed by atoms with Crippen molar-refractivity contribution < 1.29 is 14.3 Å². The second-order valence-corrected chi connectivity index (χ2v) is 5.99. The number of amides is 1. The Hall–Kier alpha value is -1.75. The van der Waals surface area contributed by atoms with Gasteiger partial charge in [0.15, 0.2) is 11.5 Å². The average Bonchev–Trinajstić information content (AvgIpc) is 3.07. The summed E-state index contributed by atoms with van der Waals surface area (Å²) in [4.78, 5) is 11.8. The van der Waals surface area contributed by atoms with E-state index in [0.29, 0.717) is 19.0 Å². The average molecular weight is 320 g/mol. The van der Waals surface area contributed by atoms with Gasteiger partial charge in [-0.15, -0.1) is 0 Å². The number of methoxy groups -OCH3 is 2. The molecule has 1 fully saturated rings. The molecule has 0 aromatic heterocycles. The van der Waals surface area contributed by atoms with Gasteiger partial charge in [-0.1, -0.05) is 18.9 Å². The van der Waals surface area contributed by atoms with E-state index in [0.717, 1.165) is 37.3 Å². The number of ether oxygens (including phenoxy) is 2. The molecule has 23 heavy (non-hydrogen) atoms. The summed E-state index contributed by atoms with van der Waals surface area (Å²) in [5.41, 5.74) is 1.19. The van der Waals surface area contributed by atoms with Crippen molar-refractivity contribution in [2.45, 2.75) is 44.6 Å². The van der Waals surface area contributed by atoms with Crippen LogP contribution in [0.25, 0.3) is 0 Å². The van der Waals surface area contributed by atoms with Gasteiger partial charge in [-0.25, -0.2) is 0 Å². The molecule has 128 valence electrons. The Morgan fingerprint density at radius 3 is 2.57 bits per heavy atom. The monoisotopic (exact) mass is 320 g/mol. The van der Waals surface area contributed by atoms with E-state index in [-0.39, 0.29) is 5.91 Å². The van der Waals surface area contributed by atoms with Crippen LogP contribution in [-0.2, 0) is 11.2 Å². The standard InChI is InChI=1S/C18H28N2O3/c1-22-16-8-7-14(13-17(16)23-2)9-11-19-12-10-18(21)20-15-5-3-4-6-15/h7-8,13,15,19H,3-6,9-12H2,1-2H3,(H,20,21). The Balaban J connectivity index is 1.62. The summed E-state index contributed by atoms with van der Waals surface area (Å²) in [5, 5.41) is 6.43. The minimum absolute atomic E-state index is 0.163. The minimum Gasteiger partial charge on any atom is -0.493 e. The van der Waals surface area contributed by atoms with Crippen LogP contribution in [0.4, 0.5) is 0 Å². The summed E-state index contributed by atoms with van der Waals surface area (Å²) >= 11 is 0. The second kappa shape index (κ2) is 9.40. The van der Waals surface area contributed by atoms with Crippen LogP contribution in [0.3, 0.4) is 0 Å². The molecule has 1 aliphatic rings. The number of nitrogens with one attached hydrogen (secondary N) is 2. The molecule has 0 heterocycles. The third-order valence-corrected chi connectivity index (χ3v) is 4.29. The van der Waals surface area contributed by atoms with Gasteiger partial charge in [-0.2, -0.15) is 0 Å². The van der Waals surface area contributed by atoms with Crippen LogP contribution in [0.1, 0.15) is 37.7 Å². The summed E-state index contributed by atoms with van der Waals surface area (Å²) < 4.78 is 10.5. The van der Waals surface area contributed by atoms with Crippen LogP contribution in [0.2, 0.25) is 0 Å². The molecule has 0 spiro atoms. The molecule has 2 N–H and O–H groups in total. The van der Waals surface area contributed by atoms with Crippen molar-refractivity contribution in [3.63, 3.8) is 0 Å². The molecule has 1 aliphatic carbocycles. The molecule has 1 saturated carbocycles. The number of rotatable bonds is 9. The lowest BCUT2D eigenvalue weighted by Crippen LogP contribution is -2.34. The van der Waals surface area contributed by atoms with E-state index in [1.807, 2.05) is 18.2 Å². The smallest absolute Gasteiger partial charge is 0.221 e. The van der Waals surface area contributed by atoms with Crippen molar-refractivity contribution in [1.82, 2.24) is 10.6 Å². The molecule has 1 aromatic carbocycles. The van der Waals surface area contributed by atoms with E-state index < -0.39 is 0 Å². The molecular formula is C18H28N2O3. The lowest BCUT2D eigenvalue weighted by Gasteiger charge is -2.12. The minimum atomic E-state index is 0.163. The van der Waals surface area contributed by atoms with Crippen LogP contribution < -0.4 is 20.1 Å². The van der Waals surface area contributed by atoms with Gasteiger partial charge in [-0.3, -0.25) is 4.79 Å². The lowest BCUT2D eigenvalue weighted by molar-refractivity contribution is -0.121. The number of carbonyl (C=O) groups excluding carboxylic acids is 1. The van der Waals surface area contributed by atoms with Crippen LogP contribution in [0, 0.1) is 0 Å². The summed E-state index contributed by atoms with van der Waals surface area (Å²) in [6.07, 6.45) is 6.20. The van der Waals surface area contributed by atoms with Crippen molar-refractivity contribution in [3.8, 4) is 11.5 Å². The van der Waals surface area contributed by atoms with Crippen LogP contribution in [-0.4, -0.2) is 39.3 Å². The number of benzene rings is 1. The highest BCUT2D eigenvalue weighted by Crippen LogP contribution is 2.27. The zero-order chi connectivity index (χ0) is 16.5. The van der Waals surface area contributed by atoms with Crippen molar-refractivity contribution in [3.05, 3.63) is 23.8 Å². The summed E-state index contributed by atoms with van der Waals surface area (Å²) in [7, 11) is 3.28. The highest BCUT2D eigenvalue weighted by atomic mass is 16.5. The first-order chi connectivity index (χ1) is 11.2. The quantitative estimate of drug-likeness (QED) is 0.685. The molecule has 0 unspecified atom stereocenters. The van der Waals surface area contributed by atoms with Crippen molar-refractivity contribution >= 4 is 5.91 Å².